The van der Waals surface area contributed by atoms with Gasteiger partial charge in [-0.2, -0.15) is 0 Å². The summed E-state index contributed by atoms with van der Waals surface area (Å²) < 4.78 is 7.25. The SMILES string of the molecule is O=c1cc(-c2ccnc(NC3CCOCC3)n2)ccn1C(c1cccc(Cl)c1)[C@H]1CCNC1. The first kappa shape index (κ1) is 22.1. The Labute approximate surface area is 198 Å². The molecule has 0 saturated carbocycles. The quantitative estimate of drug-likeness (QED) is 0.577. The smallest absolute Gasteiger partial charge is 0.251 e. The zero-order chi connectivity index (χ0) is 22.6. The van der Waals surface area contributed by atoms with E-state index in [1.54, 1.807) is 12.3 Å². The van der Waals surface area contributed by atoms with Gasteiger partial charge >= 0.3 is 0 Å². The summed E-state index contributed by atoms with van der Waals surface area (Å²) in [7, 11) is 0. The van der Waals surface area contributed by atoms with Crippen molar-refractivity contribution in [2.75, 3.05) is 31.6 Å². The van der Waals surface area contributed by atoms with E-state index < -0.39 is 0 Å². The molecular formula is C25H28ClN5O2. The number of pyridine rings is 1. The lowest BCUT2D eigenvalue weighted by Gasteiger charge is -2.26. The molecule has 2 aliphatic heterocycles. The molecule has 1 unspecified atom stereocenters. The molecule has 2 fully saturated rings. The summed E-state index contributed by atoms with van der Waals surface area (Å²) in [6.07, 6.45) is 6.50. The Balaban J connectivity index is 1.43. The van der Waals surface area contributed by atoms with Crippen molar-refractivity contribution in [3.63, 3.8) is 0 Å². The van der Waals surface area contributed by atoms with Gasteiger partial charge in [-0.15, -0.1) is 0 Å². The molecule has 2 saturated heterocycles. The van der Waals surface area contributed by atoms with Crippen molar-refractivity contribution < 1.29 is 4.74 Å². The van der Waals surface area contributed by atoms with Gasteiger partial charge in [0.15, 0.2) is 0 Å². The van der Waals surface area contributed by atoms with E-state index in [0.29, 0.717) is 22.9 Å². The number of hydrogen-bond acceptors (Lipinski definition) is 6. The van der Waals surface area contributed by atoms with Crippen LogP contribution in [0.15, 0.2) is 59.7 Å². The summed E-state index contributed by atoms with van der Waals surface area (Å²) in [6.45, 7) is 3.33. The Morgan fingerprint density at radius 2 is 2.03 bits per heavy atom. The second-order valence-electron chi connectivity index (χ2n) is 8.71. The molecule has 0 amide bonds. The van der Waals surface area contributed by atoms with Crippen molar-refractivity contribution in [3.05, 3.63) is 75.8 Å². The predicted molar refractivity (Wildman–Crippen MR) is 130 cm³/mol. The number of ether oxygens (including phenoxy) is 1. The average molecular weight is 466 g/mol. The van der Waals surface area contributed by atoms with Crippen molar-refractivity contribution in [2.24, 2.45) is 5.92 Å². The highest BCUT2D eigenvalue weighted by atomic mass is 35.5. The number of halogens is 1. The fraction of sp³-hybridized carbons (Fsp3) is 0.400. The molecule has 8 heteroatoms. The first-order chi connectivity index (χ1) is 16.2. The van der Waals surface area contributed by atoms with Gasteiger partial charge in [-0.1, -0.05) is 23.7 Å². The Hall–Kier alpha value is -2.74. The van der Waals surface area contributed by atoms with Gasteiger partial charge in [0.25, 0.3) is 5.56 Å². The number of anilines is 1. The van der Waals surface area contributed by atoms with E-state index in [4.69, 9.17) is 16.3 Å². The van der Waals surface area contributed by atoms with Gasteiger partial charge in [-0.3, -0.25) is 4.79 Å². The lowest BCUT2D eigenvalue weighted by molar-refractivity contribution is 0.0903. The second kappa shape index (κ2) is 10.0. The minimum atomic E-state index is -0.0728. The lowest BCUT2D eigenvalue weighted by Crippen LogP contribution is -2.31. The zero-order valence-corrected chi connectivity index (χ0v) is 19.2. The molecule has 172 valence electrons. The minimum absolute atomic E-state index is 0.0538. The van der Waals surface area contributed by atoms with E-state index in [1.807, 2.05) is 47.2 Å². The summed E-state index contributed by atoms with van der Waals surface area (Å²) in [4.78, 5) is 22.3. The number of nitrogens with zero attached hydrogens (tertiary/aromatic N) is 3. The highest BCUT2D eigenvalue weighted by Gasteiger charge is 2.28. The van der Waals surface area contributed by atoms with Crippen molar-refractivity contribution in [3.8, 4) is 11.3 Å². The topological polar surface area (TPSA) is 81.1 Å². The van der Waals surface area contributed by atoms with E-state index in [9.17, 15) is 4.79 Å². The maximum atomic E-state index is 13.3. The van der Waals surface area contributed by atoms with Gasteiger partial charge in [0.05, 0.1) is 11.7 Å². The third-order valence-electron chi connectivity index (χ3n) is 6.49. The molecular weight excluding hydrogens is 438 g/mol. The first-order valence-electron chi connectivity index (χ1n) is 11.5. The first-order valence-corrected chi connectivity index (χ1v) is 11.9. The van der Waals surface area contributed by atoms with Crippen LogP contribution in [0.1, 0.15) is 30.9 Å². The van der Waals surface area contributed by atoms with Gasteiger partial charge in [0, 0.05) is 54.8 Å². The summed E-state index contributed by atoms with van der Waals surface area (Å²) in [5.41, 5.74) is 2.51. The molecule has 4 heterocycles. The number of nitrogens with one attached hydrogen (secondary N) is 2. The number of benzene rings is 1. The van der Waals surface area contributed by atoms with Crippen molar-refractivity contribution >= 4 is 17.5 Å². The number of rotatable bonds is 6. The van der Waals surface area contributed by atoms with Crippen LogP contribution in [0, 0.1) is 5.92 Å². The molecule has 0 bridgehead atoms. The molecule has 33 heavy (non-hydrogen) atoms. The Morgan fingerprint density at radius 3 is 2.79 bits per heavy atom. The largest absolute Gasteiger partial charge is 0.381 e. The van der Waals surface area contributed by atoms with Crippen LogP contribution in [0.2, 0.25) is 5.02 Å². The molecule has 1 aromatic carbocycles. The van der Waals surface area contributed by atoms with Crippen LogP contribution in [0.3, 0.4) is 0 Å². The van der Waals surface area contributed by atoms with Crippen molar-refractivity contribution in [2.45, 2.75) is 31.3 Å². The lowest BCUT2D eigenvalue weighted by atomic mass is 9.91. The Kier molecular flexibility index (Phi) is 6.71. The van der Waals surface area contributed by atoms with E-state index in [2.05, 4.69) is 20.6 Å². The monoisotopic (exact) mass is 465 g/mol. The van der Waals surface area contributed by atoms with Crippen molar-refractivity contribution in [1.82, 2.24) is 19.9 Å². The number of hydrogen-bond donors (Lipinski definition) is 2. The van der Waals surface area contributed by atoms with Crippen LogP contribution in [0.5, 0.6) is 0 Å². The fourth-order valence-electron chi connectivity index (χ4n) is 4.79. The summed E-state index contributed by atoms with van der Waals surface area (Å²) >= 11 is 6.28. The Morgan fingerprint density at radius 1 is 1.15 bits per heavy atom. The zero-order valence-electron chi connectivity index (χ0n) is 18.4. The third-order valence-corrected chi connectivity index (χ3v) is 6.72. The highest BCUT2D eigenvalue weighted by Crippen LogP contribution is 2.31. The van der Waals surface area contributed by atoms with Crippen LogP contribution in [-0.4, -0.2) is 46.9 Å². The highest BCUT2D eigenvalue weighted by molar-refractivity contribution is 6.30. The van der Waals surface area contributed by atoms with Crippen LogP contribution in [0.4, 0.5) is 5.95 Å². The molecule has 7 nitrogen and oxygen atoms in total. The van der Waals surface area contributed by atoms with E-state index in [0.717, 1.165) is 62.4 Å². The molecule has 5 rings (SSSR count). The predicted octanol–water partition coefficient (Wildman–Crippen LogP) is 3.75. The van der Waals surface area contributed by atoms with Crippen LogP contribution in [0.25, 0.3) is 11.3 Å². The van der Waals surface area contributed by atoms with Gasteiger partial charge in [-0.25, -0.2) is 9.97 Å². The average Bonchev–Trinajstić information content (AvgIpc) is 3.36. The summed E-state index contributed by atoms with van der Waals surface area (Å²) in [5, 5.41) is 7.50. The van der Waals surface area contributed by atoms with Gasteiger partial charge in [-0.05, 0) is 61.6 Å². The normalized spacial score (nSPS) is 20.0. The minimum Gasteiger partial charge on any atom is -0.381 e. The van der Waals surface area contributed by atoms with Gasteiger partial charge < -0.3 is 19.9 Å². The van der Waals surface area contributed by atoms with E-state index in [1.165, 1.54) is 0 Å². The number of aromatic nitrogens is 3. The van der Waals surface area contributed by atoms with Crippen LogP contribution < -0.4 is 16.2 Å². The standard InChI is InChI=1S/C25H28ClN5O2/c26-20-3-1-2-18(14-20)24(19-4-9-27-16-19)31-11-6-17(15-23(31)32)22-5-10-28-25(30-22)29-21-7-12-33-13-8-21/h1-3,5-6,10-11,14-15,19,21,24,27H,4,7-9,12-13,16H2,(H,28,29,30)/t19-,24?/m0/s1. The molecule has 2 aliphatic rings. The van der Waals surface area contributed by atoms with Crippen molar-refractivity contribution in [1.29, 1.82) is 0 Å². The van der Waals surface area contributed by atoms with Crippen LogP contribution in [-0.2, 0) is 4.74 Å². The van der Waals surface area contributed by atoms with E-state index >= 15 is 0 Å². The molecule has 2 aromatic heterocycles. The maximum Gasteiger partial charge on any atom is 0.251 e. The second-order valence-corrected chi connectivity index (χ2v) is 9.15. The van der Waals surface area contributed by atoms with Crippen LogP contribution >= 0.6 is 11.6 Å². The van der Waals surface area contributed by atoms with E-state index in [-0.39, 0.29) is 11.6 Å². The Bertz CT molecular complexity index is 1160. The molecule has 0 radical (unpaired) electrons. The molecule has 2 N–H and O–H groups in total. The molecule has 0 spiro atoms. The summed E-state index contributed by atoms with van der Waals surface area (Å²) in [5.74, 6) is 0.902. The molecule has 0 aliphatic carbocycles. The van der Waals surface area contributed by atoms with Gasteiger partial charge in [0.1, 0.15) is 0 Å². The van der Waals surface area contributed by atoms with Gasteiger partial charge in [0.2, 0.25) is 5.95 Å². The maximum absolute atomic E-state index is 13.3. The third kappa shape index (κ3) is 5.11. The molecule has 3 aromatic rings. The summed E-state index contributed by atoms with van der Waals surface area (Å²) in [6, 6.07) is 13.5. The fourth-order valence-corrected chi connectivity index (χ4v) is 4.99. The molecule has 2 atom stereocenters.